The molecule has 0 fully saturated rings. The Labute approximate surface area is 91.1 Å². The summed E-state index contributed by atoms with van der Waals surface area (Å²) in [5.74, 6) is 0.575. The summed E-state index contributed by atoms with van der Waals surface area (Å²) in [6.07, 6.45) is 2.83. The summed E-state index contributed by atoms with van der Waals surface area (Å²) < 4.78 is 5.01. The van der Waals surface area contributed by atoms with E-state index in [1.54, 1.807) is 7.11 Å². The Morgan fingerprint density at radius 2 is 2.20 bits per heavy atom. The van der Waals surface area contributed by atoms with Gasteiger partial charge in [0, 0.05) is 26.4 Å². The molecule has 1 aromatic rings. The molecule has 0 amide bonds. The molecule has 0 atom stereocenters. The van der Waals surface area contributed by atoms with Crippen molar-refractivity contribution in [1.29, 1.82) is 0 Å². The van der Waals surface area contributed by atoms with E-state index in [4.69, 9.17) is 10.5 Å². The first kappa shape index (κ1) is 11.9. The molecule has 4 nitrogen and oxygen atoms in total. The van der Waals surface area contributed by atoms with Crippen LogP contribution in [0.4, 0.5) is 5.82 Å². The average Bonchev–Trinajstić information content (AvgIpc) is 2.25. The standard InChI is InChI=1S/C11H19N3O/c1-14(7-8-15-2)6-5-10-3-4-11(12)13-9-10/h3-4,9H,5-8H2,1-2H3,(H2,12,13). The number of ether oxygens (including phenoxy) is 1. The molecule has 1 aromatic heterocycles. The summed E-state index contributed by atoms with van der Waals surface area (Å²) in [4.78, 5) is 6.29. The van der Waals surface area contributed by atoms with Gasteiger partial charge in [-0.1, -0.05) is 6.07 Å². The van der Waals surface area contributed by atoms with Gasteiger partial charge in [-0.25, -0.2) is 4.98 Å². The molecular formula is C11H19N3O. The van der Waals surface area contributed by atoms with Crippen LogP contribution in [0.5, 0.6) is 0 Å². The van der Waals surface area contributed by atoms with Gasteiger partial charge < -0.3 is 15.4 Å². The number of anilines is 1. The van der Waals surface area contributed by atoms with E-state index in [2.05, 4.69) is 16.9 Å². The number of nitrogens with zero attached hydrogens (tertiary/aromatic N) is 2. The van der Waals surface area contributed by atoms with Crippen LogP contribution in [0.25, 0.3) is 0 Å². The lowest BCUT2D eigenvalue weighted by Gasteiger charge is -2.15. The summed E-state index contributed by atoms with van der Waals surface area (Å²) >= 11 is 0. The molecule has 15 heavy (non-hydrogen) atoms. The van der Waals surface area contributed by atoms with Crippen LogP contribution in [0.2, 0.25) is 0 Å². The first-order valence-electron chi connectivity index (χ1n) is 5.10. The van der Waals surface area contributed by atoms with Gasteiger partial charge >= 0.3 is 0 Å². The Hall–Kier alpha value is -1.13. The zero-order chi connectivity index (χ0) is 11.1. The second-order valence-corrected chi connectivity index (χ2v) is 3.64. The van der Waals surface area contributed by atoms with Crippen molar-refractivity contribution in [2.45, 2.75) is 6.42 Å². The smallest absolute Gasteiger partial charge is 0.123 e. The molecule has 0 saturated carbocycles. The molecule has 4 heteroatoms. The number of aromatic nitrogens is 1. The van der Waals surface area contributed by atoms with E-state index in [0.29, 0.717) is 5.82 Å². The highest BCUT2D eigenvalue weighted by atomic mass is 16.5. The van der Waals surface area contributed by atoms with E-state index in [-0.39, 0.29) is 0 Å². The Morgan fingerprint density at radius 3 is 2.80 bits per heavy atom. The summed E-state index contributed by atoms with van der Waals surface area (Å²) in [6.45, 7) is 2.74. The van der Waals surface area contributed by atoms with Crippen LogP contribution in [-0.4, -0.2) is 43.7 Å². The van der Waals surface area contributed by atoms with E-state index in [9.17, 15) is 0 Å². The first-order chi connectivity index (χ1) is 7.22. The maximum absolute atomic E-state index is 5.51. The van der Waals surface area contributed by atoms with Crippen LogP contribution >= 0.6 is 0 Å². The van der Waals surface area contributed by atoms with Gasteiger partial charge in [-0.2, -0.15) is 0 Å². The number of hydrogen-bond acceptors (Lipinski definition) is 4. The lowest BCUT2D eigenvalue weighted by atomic mass is 10.2. The highest BCUT2D eigenvalue weighted by molar-refractivity contribution is 5.29. The van der Waals surface area contributed by atoms with Crippen LogP contribution in [0.15, 0.2) is 18.3 Å². The molecular weight excluding hydrogens is 190 g/mol. The molecule has 0 radical (unpaired) electrons. The van der Waals surface area contributed by atoms with E-state index >= 15 is 0 Å². The summed E-state index contributed by atoms with van der Waals surface area (Å²) in [5.41, 5.74) is 6.73. The fraction of sp³-hybridized carbons (Fsp3) is 0.545. The van der Waals surface area contributed by atoms with E-state index in [0.717, 1.165) is 26.1 Å². The quantitative estimate of drug-likeness (QED) is 0.752. The Morgan fingerprint density at radius 1 is 1.40 bits per heavy atom. The van der Waals surface area contributed by atoms with Gasteiger partial charge in [-0.05, 0) is 25.1 Å². The van der Waals surface area contributed by atoms with Gasteiger partial charge in [-0.3, -0.25) is 0 Å². The molecule has 2 N–H and O–H groups in total. The Kier molecular flexibility index (Phi) is 5.07. The summed E-state index contributed by atoms with van der Waals surface area (Å²) in [6, 6.07) is 3.86. The average molecular weight is 209 g/mol. The van der Waals surface area contributed by atoms with Crippen molar-refractivity contribution >= 4 is 5.82 Å². The van der Waals surface area contributed by atoms with Crippen molar-refractivity contribution in [3.63, 3.8) is 0 Å². The highest BCUT2D eigenvalue weighted by Gasteiger charge is 1.99. The van der Waals surface area contributed by atoms with E-state index in [1.807, 2.05) is 18.3 Å². The SMILES string of the molecule is COCCN(C)CCc1ccc(N)nc1. The molecule has 0 aliphatic heterocycles. The number of rotatable bonds is 6. The third-order valence-electron chi connectivity index (χ3n) is 2.31. The minimum atomic E-state index is 0.575. The van der Waals surface area contributed by atoms with Crippen molar-refractivity contribution in [2.24, 2.45) is 0 Å². The fourth-order valence-corrected chi connectivity index (χ4v) is 1.26. The third-order valence-corrected chi connectivity index (χ3v) is 2.31. The normalized spacial score (nSPS) is 10.9. The minimum Gasteiger partial charge on any atom is -0.384 e. The molecule has 0 bridgehead atoms. The fourth-order valence-electron chi connectivity index (χ4n) is 1.26. The minimum absolute atomic E-state index is 0.575. The van der Waals surface area contributed by atoms with Crippen LogP contribution in [0, 0.1) is 0 Å². The number of likely N-dealkylation sites (N-methyl/N-ethyl adjacent to an activating group) is 1. The zero-order valence-electron chi connectivity index (χ0n) is 9.44. The first-order valence-corrected chi connectivity index (χ1v) is 5.10. The second kappa shape index (κ2) is 6.37. The van der Waals surface area contributed by atoms with Gasteiger partial charge in [0.1, 0.15) is 5.82 Å². The van der Waals surface area contributed by atoms with Gasteiger partial charge in [0.15, 0.2) is 0 Å². The van der Waals surface area contributed by atoms with Crippen LogP contribution in [0.3, 0.4) is 0 Å². The zero-order valence-corrected chi connectivity index (χ0v) is 9.44. The predicted octanol–water partition coefficient (Wildman–Crippen LogP) is 0.784. The molecule has 0 spiro atoms. The lowest BCUT2D eigenvalue weighted by Crippen LogP contribution is -2.25. The van der Waals surface area contributed by atoms with Gasteiger partial charge in [0.2, 0.25) is 0 Å². The number of methoxy groups -OCH3 is 1. The topological polar surface area (TPSA) is 51.4 Å². The molecule has 0 aliphatic rings. The molecule has 84 valence electrons. The summed E-state index contributed by atoms with van der Waals surface area (Å²) in [7, 11) is 3.81. The predicted molar refractivity (Wildman–Crippen MR) is 61.7 cm³/mol. The summed E-state index contributed by atoms with van der Waals surface area (Å²) in [5, 5.41) is 0. The number of pyridine rings is 1. The Bertz CT molecular complexity index is 274. The molecule has 0 aliphatic carbocycles. The van der Waals surface area contributed by atoms with Crippen LogP contribution in [0.1, 0.15) is 5.56 Å². The largest absolute Gasteiger partial charge is 0.384 e. The molecule has 1 rings (SSSR count). The molecule has 1 heterocycles. The van der Waals surface area contributed by atoms with Gasteiger partial charge in [-0.15, -0.1) is 0 Å². The van der Waals surface area contributed by atoms with Crippen molar-refractivity contribution < 1.29 is 4.74 Å². The second-order valence-electron chi connectivity index (χ2n) is 3.64. The number of nitrogens with two attached hydrogens (primary N) is 1. The van der Waals surface area contributed by atoms with Gasteiger partial charge in [0.05, 0.1) is 6.61 Å². The van der Waals surface area contributed by atoms with Crippen molar-refractivity contribution in [3.05, 3.63) is 23.9 Å². The molecule has 0 unspecified atom stereocenters. The van der Waals surface area contributed by atoms with E-state index in [1.165, 1.54) is 5.56 Å². The third kappa shape index (κ3) is 4.76. The van der Waals surface area contributed by atoms with Crippen molar-refractivity contribution in [2.75, 3.05) is 39.6 Å². The molecule has 0 saturated heterocycles. The monoisotopic (exact) mass is 209 g/mol. The van der Waals surface area contributed by atoms with Crippen LogP contribution in [-0.2, 0) is 11.2 Å². The van der Waals surface area contributed by atoms with Gasteiger partial charge in [0.25, 0.3) is 0 Å². The molecule has 0 aromatic carbocycles. The highest BCUT2D eigenvalue weighted by Crippen LogP contribution is 2.02. The maximum Gasteiger partial charge on any atom is 0.123 e. The number of hydrogen-bond donors (Lipinski definition) is 1. The number of nitrogen functional groups attached to an aromatic ring is 1. The van der Waals surface area contributed by atoms with Crippen molar-refractivity contribution in [3.8, 4) is 0 Å². The maximum atomic E-state index is 5.51. The lowest BCUT2D eigenvalue weighted by molar-refractivity contribution is 0.162. The van der Waals surface area contributed by atoms with Crippen LogP contribution < -0.4 is 5.73 Å². The van der Waals surface area contributed by atoms with Crippen molar-refractivity contribution in [1.82, 2.24) is 9.88 Å². The Balaban J connectivity index is 2.27. The van der Waals surface area contributed by atoms with E-state index < -0.39 is 0 Å².